The van der Waals surface area contributed by atoms with Crippen molar-refractivity contribution in [1.29, 1.82) is 0 Å². The molecule has 1 heterocycles. The molecule has 0 fully saturated rings. The minimum absolute atomic E-state index is 0.258. The molecule has 316 valence electrons. The number of nitrogens with zero attached hydrogens (tertiary/aromatic N) is 3. The van der Waals surface area contributed by atoms with Crippen molar-refractivity contribution in [2.45, 2.75) is 73.6 Å². The lowest BCUT2D eigenvalue weighted by Crippen LogP contribution is -2.11. The van der Waals surface area contributed by atoms with Crippen LogP contribution in [0.5, 0.6) is 0 Å². The Morgan fingerprint density at radius 3 is 2.29 bits per heavy atom. The van der Waals surface area contributed by atoms with Gasteiger partial charge >= 0.3 is 0 Å². The Balaban J connectivity index is 0.00000176. The quantitative estimate of drug-likeness (QED) is 0.116. The second-order valence-corrected chi connectivity index (χ2v) is 15.0. The van der Waals surface area contributed by atoms with E-state index in [1.165, 1.54) is 22.3 Å². The fourth-order valence-corrected chi connectivity index (χ4v) is 7.76. The average Bonchev–Trinajstić information content (AvgIpc) is 3.80. The van der Waals surface area contributed by atoms with Gasteiger partial charge in [-0.2, -0.15) is 0 Å². The van der Waals surface area contributed by atoms with Crippen LogP contribution in [-0.2, 0) is 0 Å². The maximum atomic E-state index is 5.36. The molecule has 0 spiro atoms. The lowest BCUT2D eigenvalue weighted by atomic mass is 9.79. The molecule has 3 heteroatoms. The first kappa shape index (κ1) is 46.6. The maximum Gasteiger partial charge on any atom is 0.155 e. The number of fused-ring (bicyclic) bond motifs is 2. The van der Waals surface area contributed by atoms with Crippen LogP contribution in [0.2, 0.25) is 0 Å². The van der Waals surface area contributed by atoms with Crippen molar-refractivity contribution in [1.82, 2.24) is 0 Å². The Bertz CT molecular complexity index is 2380. The van der Waals surface area contributed by atoms with E-state index in [1.807, 2.05) is 65.8 Å². The van der Waals surface area contributed by atoms with E-state index in [-0.39, 0.29) is 17.8 Å². The summed E-state index contributed by atoms with van der Waals surface area (Å²) in [5.74, 6) is 1.62. The SMILES string of the molecule is C=C(N=C/C=C\C)c1ccc(C2=CC(C/C3=C4\C=CC=CC4C=CC4C=CC=CC3=C4)CCC(C3=NC(c4ccccc4)=CCC(C/C=C/C=C\C=C/C)=N3)=C2)cc1.CC.CC. The Hall–Kier alpha value is -6.45. The van der Waals surface area contributed by atoms with Crippen LogP contribution >= 0.6 is 0 Å². The molecule has 0 N–H and O–H groups in total. The molecule has 4 aliphatic carbocycles. The van der Waals surface area contributed by atoms with Crippen LogP contribution in [0.1, 0.15) is 90.3 Å². The molecule has 0 radical (unpaired) electrons. The van der Waals surface area contributed by atoms with Crippen molar-refractivity contribution in [3.05, 3.63) is 234 Å². The third-order valence-corrected chi connectivity index (χ3v) is 10.8. The zero-order valence-corrected chi connectivity index (χ0v) is 37.8. The first-order valence-corrected chi connectivity index (χ1v) is 22.6. The summed E-state index contributed by atoms with van der Waals surface area (Å²) in [5, 5.41) is 0. The summed E-state index contributed by atoms with van der Waals surface area (Å²) in [5.41, 5.74) is 12.5. The predicted molar refractivity (Wildman–Crippen MR) is 274 cm³/mol. The van der Waals surface area contributed by atoms with E-state index in [1.54, 1.807) is 6.21 Å². The number of hydrogen-bond acceptors (Lipinski definition) is 3. The molecular formula is C59H65N3. The minimum Gasteiger partial charge on any atom is -0.257 e. The normalized spacial score (nSPS) is 21.9. The van der Waals surface area contributed by atoms with Gasteiger partial charge < -0.3 is 0 Å². The lowest BCUT2D eigenvalue weighted by Gasteiger charge is -2.25. The topological polar surface area (TPSA) is 37.1 Å². The van der Waals surface area contributed by atoms with Crippen molar-refractivity contribution in [3.63, 3.8) is 0 Å². The summed E-state index contributed by atoms with van der Waals surface area (Å²) in [4.78, 5) is 15.3. The largest absolute Gasteiger partial charge is 0.257 e. The molecule has 62 heavy (non-hydrogen) atoms. The molecule has 0 saturated heterocycles. The van der Waals surface area contributed by atoms with E-state index in [9.17, 15) is 0 Å². The van der Waals surface area contributed by atoms with Gasteiger partial charge in [-0.15, -0.1) is 0 Å². The van der Waals surface area contributed by atoms with Gasteiger partial charge in [-0.25, -0.2) is 9.98 Å². The highest BCUT2D eigenvalue weighted by Gasteiger charge is 2.25. The summed E-state index contributed by atoms with van der Waals surface area (Å²) in [6.45, 7) is 16.2. The van der Waals surface area contributed by atoms with Gasteiger partial charge in [0.2, 0.25) is 0 Å². The maximum absolute atomic E-state index is 5.36. The predicted octanol–water partition coefficient (Wildman–Crippen LogP) is 16.1. The van der Waals surface area contributed by atoms with E-state index in [2.05, 4.69) is 176 Å². The van der Waals surface area contributed by atoms with Gasteiger partial charge in [0.15, 0.2) is 5.84 Å². The van der Waals surface area contributed by atoms with Gasteiger partial charge in [0.25, 0.3) is 0 Å². The molecule has 3 nitrogen and oxygen atoms in total. The van der Waals surface area contributed by atoms with E-state index in [4.69, 9.17) is 9.98 Å². The fourth-order valence-electron chi connectivity index (χ4n) is 7.76. The van der Waals surface area contributed by atoms with Crippen molar-refractivity contribution in [2.24, 2.45) is 32.7 Å². The molecule has 0 aromatic heterocycles. The van der Waals surface area contributed by atoms with Crippen LogP contribution in [-0.4, -0.2) is 17.8 Å². The number of rotatable bonds is 12. The Morgan fingerprint density at radius 2 is 1.50 bits per heavy atom. The highest BCUT2D eigenvalue weighted by atomic mass is 14.9. The summed E-state index contributed by atoms with van der Waals surface area (Å²) < 4.78 is 0. The molecule has 0 saturated carbocycles. The molecule has 3 atom stereocenters. The molecule has 7 rings (SSSR count). The van der Waals surface area contributed by atoms with Crippen LogP contribution in [0.15, 0.2) is 232 Å². The van der Waals surface area contributed by atoms with Crippen LogP contribution in [0.4, 0.5) is 0 Å². The standard InChI is InChI=1S/C55H53N3.2C2H6/c1-4-6-8-9-10-14-24-51-34-35-54(47-21-12-11-13-22-47)58-55(57-51)49-29-27-43(38-50(40-49)45-32-30-44(31-33-45)41(3)56-36-7-5-2)39-53-48-23-16-15-19-42(37-48)26-28-46-20-17-18-25-52(46)53;2*1-2/h4-23,25-26,28,30-33,35-38,40,42-43,46H,3,24,27,29,34,39H2,1-2H3;2*1-2H3/b6-4-,7-5-,9-8-,14-10+,28-26?,53-52-,56-36?;;. The Morgan fingerprint density at radius 1 is 0.742 bits per heavy atom. The van der Waals surface area contributed by atoms with Gasteiger partial charge in [-0.3, -0.25) is 4.99 Å². The monoisotopic (exact) mass is 816 g/mol. The first-order valence-electron chi connectivity index (χ1n) is 22.6. The van der Waals surface area contributed by atoms with E-state index < -0.39 is 0 Å². The zero-order chi connectivity index (χ0) is 43.9. The second-order valence-electron chi connectivity index (χ2n) is 15.0. The van der Waals surface area contributed by atoms with Crippen molar-refractivity contribution >= 4 is 34.7 Å². The molecule has 0 amide bonds. The average molecular weight is 816 g/mol. The Labute approximate surface area is 373 Å². The molecule has 2 aromatic rings. The van der Waals surface area contributed by atoms with Gasteiger partial charge in [0, 0.05) is 36.6 Å². The summed E-state index contributed by atoms with van der Waals surface area (Å²) in [6.07, 6.45) is 54.7. The number of allylic oxidation sites excluding steroid dienone is 26. The zero-order valence-electron chi connectivity index (χ0n) is 37.8. The van der Waals surface area contributed by atoms with Crippen LogP contribution < -0.4 is 0 Å². The van der Waals surface area contributed by atoms with Gasteiger partial charge in [-0.1, -0.05) is 210 Å². The van der Waals surface area contributed by atoms with Gasteiger partial charge in [0.05, 0.1) is 11.4 Å². The second kappa shape index (κ2) is 25.4. The molecule has 3 unspecified atom stereocenters. The van der Waals surface area contributed by atoms with Crippen molar-refractivity contribution in [3.8, 4) is 0 Å². The number of aliphatic imine (C=N–C) groups is 3. The van der Waals surface area contributed by atoms with Crippen LogP contribution in [0.3, 0.4) is 0 Å². The number of amidine groups is 1. The molecule has 5 aliphatic rings. The molecule has 2 aromatic carbocycles. The van der Waals surface area contributed by atoms with Crippen molar-refractivity contribution < 1.29 is 0 Å². The number of hydrogen-bond donors (Lipinski definition) is 0. The van der Waals surface area contributed by atoms with Gasteiger partial charge in [-0.05, 0) is 95.7 Å². The van der Waals surface area contributed by atoms with E-state index >= 15 is 0 Å². The van der Waals surface area contributed by atoms with Crippen LogP contribution in [0.25, 0.3) is 17.0 Å². The molecular weight excluding hydrogens is 751 g/mol. The number of benzene rings is 2. The van der Waals surface area contributed by atoms with E-state index in [0.29, 0.717) is 0 Å². The summed E-state index contributed by atoms with van der Waals surface area (Å²) in [7, 11) is 0. The molecule has 1 aliphatic heterocycles. The molecule has 2 bridgehead atoms. The highest BCUT2D eigenvalue weighted by Crippen LogP contribution is 2.40. The van der Waals surface area contributed by atoms with Crippen LogP contribution in [0, 0.1) is 17.8 Å². The fraction of sp³-hybridized carbons (Fsp3) is 0.237. The Kier molecular flexibility index (Phi) is 19.1. The third kappa shape index (κ3) is 13.3. The highest BCUT2D eigenvalue weighted by molar-refractivity contribution is 6.11. The van der Waals surface area contributed by atoms with E-state index in [0.717, 1.165) is 77.3 Å². The lowest BCUT2D eigenvalue weighted by molar-refractivity contribution is 0.591. The summed E-state index contributed by atoms with van der Waals surface area (Å²) >= 11 is 0. The summed E-state index contributed by atoms with van der Waals surface area (Å²) in [6, 6.07) is 19.2. The first-order chi connectivity index (χ1) is 30.6. The van der Waals surface area contributed by atoms with Gasteiger partial charge in [0.1, 0.15) is 0 Å². The smallest absolute Gasteiger partial charge is 0.155 e. The van der Waals surface area contributed by atoms with Crippen molar-refractivity contribution in [2.75, 3.05) is 0 Å². The third-order valence-electron chi connectivity index (χ3n) is 10.8. The minimum atomic E-state index is 0.258.